The molecule has 16 heavy (non-hydrogen) atoms. The predicted molar refractivity (Wildman–Crippen MR) is 68.5 cm³/mol. The Morgan fingerprint density at radius 2 is 2.00 bits per heavy atom. The van der Waals surface area contributed by atoms with Gasteiger partial charge in [-0.05, 0) is 36.5 Å². The van der Waals surface area contributed by atoms with Crippen LogP contribution in [-0.2, 0) is 0 Å². The van der Waals surface area contributed by atoms with Crippen LogP contribution >= 0.6 is 0 Å². The fourth-order valence-corrected chi connectivity index (χ4v) is 1.48. The van der Waals surface area contributed by atoms with E-state index in [0.717, 1.165) is 29.8 Å². The lowest BCUT2D eigenvalue weighted by atomic mass is 9.92. The zero-order valence-corrected chi connectivity index (χ0v) is 10.6. The van der Waals surface area contributed by atoms with E-state index in [4.69, 9.17) is 5.26 Å². The molecule has 0 atom stereocenters. The van der Waals surface area contributed by atoms with E-state index in [2.05, 4.69) is 32.2 Å². The van der Waals surface area contributed by atoms with Crippen LogP contribution in [0.2, 0.25) is 0 Å². The molecule has 0 radical (unpaired) electrons. The summed E-state index contributed by atoms with van der Waals surface area (Å²) in [6.45, 7) is 9.56. The van der Waals surface area contributed by atoms with Gasteiger partial charge in [-0.25, -0.2) is 0 Å². The van der Waals surface area contributed by atoms with Crippen molar-refractivity contribution in [2.24, 2.45) is 5.41 Å². The number of anilines is 1. The minimum absolute atomic E-state index is 0.324. The van der Waals surface area contributed by atoms with Gasteiger partial charge in [0.2, 0.25) is 0 Å². The van der Waals surface area contributed by atoms with Crippen LogP contribution in [0.15, 0.2) is 18.2 Å². The Morgan fingerprint density at radius 1 is 1.31 bits per heavy atom. The second-order valence-corrected chi connectivity index (χ2v) is 5.40. The fraction of sp³-hybridized carbons (Fsp3) is 0.500. The molecule has 0 unspecified atom stereocenters. The summed E-state index contributed by atoms with van der Waals surface area (Å²) in [5.74, 6) is 0. The molecule has 0 fully saturated rings. The molecular weight excluding hydrogens is 196 g/mol. The molecule has 0 aromatic heterocycles. The lowest BCUT2D eigenvalue weighted by Gasteiger charge is -2.19. The average Bonchev–Trinajstić information content (AvgIpc) is 2.18. The summed E-state index contributed by atoms with van der Waals surface area (Å²) < 4.78 is 0. The smallest absolute Gasteiger partial charge is 0.101 e. The first-order chi connectivity index (χ1) is 7.42. The van der Waals surface area contributed by atoms with E-state index in [1.165, 1.54) is 0 Å². The normalized spacial score (nSPS) is 10.9. The standard InChI is InChI=1S/C14H20N2/c1-11-5-6-13(12(9-11)10-15)16-8-7-14(2,3)4/h5-6,9,16H,7-8H2,1-4H3. The summed E-state index contributed by atoms with van der Waals surface area (Å²) in [5, 5.41) is 12.3. The Hall–Kier alpha value is -1.49. The quantitative estimate of drug-likeness (QED) is 0.836. The maximum Gasteiger partial charge on any atom is 0.101 e. The molecule has 86 valence electrons. The van der Waals surface area contributed by atoms with Crippen LogP contribution in [0.3, 0.4) is 0 Å². The molecule has 1 aromatic carbocycles. The van der Waals surface area contributed by atoms with Gasteiger partial charge in [-0.3, -0.25) is 0 Å². The highest BCUT2D eigenvalue weighted by molar-refractivity contribution is 5.58. The lowest BCUT2D eigenvalue weighted by Crippen LogP contribution is -2.13. The highest BCUT2D eigenvalue weighted by atomic mass is 14.9. The summed E-state index contributed by atoms with van der Waals surface area (Å²) in [6, 6.07) is 8.15. The van der Waals surface area contributed by atoms with Gasteiger partial charge in [0, 0.05) is 6.54 Å². The van der Waals surface area contributed by atoms with Gasteiger partial charge in [0.1, 0.15) is 6.07 Å². The summed E-state index contributed by atoms with van der Waals surface area (Å²) in [5.41, 5.74) is 3.12. The maximum absolute atomic E-state index is 9.01. The number of hydrogen-bond acceptors (Lipinski definition) is 2. The number of nitriles is 1. The van der Waals surface area contributed by atoms with Gasteiger partial charge in [0.25, 0.3) is 0 Å². The van der Waals surface area contributed by atoms with Gasteiger partial charge < -0.3 is 5.32 Å². The first-order valence-corrected chi connectivity index (χ1v) is 5.67. The van der Waals surface area contributed by atoms with Crippen LogP contribution in [0.25, 0.3) is 0 Å². The fourth-order valence-electron chi connectivity index (χ4n) is 1.48. The van der Waals surface area contributed by atoms with Crippen molar-refractivity contribution in [2.75, 3.05) is 11.9 Å². The minimum atomic E-state index is 0.324. The number of aryl methyl sites for hydroxylation is 1. The molecule has 0 aliphatic heterocycles. The third-order valence-electron chi connectivity index (χ3n) is 2.49. The molecule has 1 N–H and O–H groups in total. The minimum Gasteiger partial charge on any atom is -0.384 e. The Bertz CT molecular complexity index is 394. The largest absolute Gasteiger partial charge is 0.384 e. The van der Waals surface area contributed by atoms with Crippen molar-refractivity contribution >= 4 is 5.69 Å². The molecule has 0 aliphatic carbocycles. The van der Waals surface area contributed by atoms with Crippen LogP contribution in [0.1, 0.15) is 38.3 Å². The Labute approximate surface area is 98.3 Å². The molecule has 2 nitrogen and oxygen atoms in total. The molecule has 0 amide bonds. The Kier molecular flexibility index (Phi) is 3.95. The summed E-state index contributed by atoms with van der Waals surface area (Å²) >= 11 is 0. The Balaban J connectivity index is 2.65. The number of hydrogen-bond donors (Lipinski definition) is 1. The van der Waals surface area contributed by atoms with E-state index < -0.39 is 0 Å². The highest BCUT2D eigenvalue weighted by Gasteiger charge is 2.09. The van der Waals surface area contributed by atoms with Crippen molar-refractivity contribution in [3.05, 3.63) is 29.3 Å². The molecule has 0 saturated heterocycles. The molecule has 0 saturated carbocycles. The van der Waals surface area contributed by atoms with Crippen LogP contribution in [0.4, 0.5) is 5.69 Å². The van der Waals surface area contributed by atoms with Crippen molar-refractivity contribution in [1.29, 1.82) is 5.26 Å². The Morgan fingerprint density at radius 3 is 2.56 bits per heavy atom. The van der Waals surface area contributed by atoms with Gasteiger partial charge in [0.05, 0.1) is 11.3 Å². The van der Waals surface area contributed by atoms with Crippen LogP contribution in [-0.4, -0.2) is 6.54 Å². The van der Waals surface area contributed by atoms with Crippen LogP contribution in [0.5, 0.6) is 0 Å². The SMILES string of the molecule is Cc1ccc(NCCC(C)(C)C)c(C#N)c1. The second kappa shape index (κ2) is 5.03. The van der Waals surface area contributed by atoms with Crippen molar-refractivity contribution in [3.8, 4) is 6.07 Å². The molecule has 0 heterocycles. The molecule has 0 aliphatic rings. The van der Waals surface area contributed by atoms with Gasteiger partial charge in [-0.1, -0.05) is 26.8 Å². The van der Waals surface area contributed by atoms with Crippen molar-refractivity contribution in [1.82, 2.24) is 0 Å². The lowest BCUT2D eigenvalue weighted by molar-refractivity contribution is 0.390. The van der Waals surface area contributed by atoms with Crippen molar-refractivity contribution < 1.29 is 0 Å². The van der Waals surface area contributed by atoms with E-state index in [1.807, 2.05) is 25.1 Å². The van der Waals surface area contributed by atoms with Crippen molar-refractivity contribution in [2.45, 2.75) is 34.1 Å². The van der Waals surface area contributed by atoms with Gasteiger partial charge in [-0.2, -0.15) is 5.26 Å². The van der Waals surface area contributed by atoms with Crippen molar-refractivity contribution in [3.63, 3.8) is 0 Å². The maximum atomic E-state index is 9.01. The van der Waals surface area contributed by atoms with E-state index in [0.29, 0.717) is 5.41 Å². The van der Waals surface area contributed by atoms with Gasteiger partial charge in [-0.15, -0.1) is 0 Å². The molecule has 1 rings (SSSR count). The average molecular weight is 216 g/mol. The second-order valence-electron chi connectivity index (χ2n) is 5.40. The predicted octanol–water partition coefficient (Wildman–Crippen LogP) is 3.71. The third kappa shape index (κ3) is 3.94. The molecule has 0 spiro atoms. The highest BCUT2D eigenvalue weighted by Crippen LogP contribution is 2.20. The van der Waals surface area contributed by atoms with Gasteiger partial charge in [0.15, 0.2) is 0 Å². The first kappa shape index (κ1) is 12.6. The van der Waals surface area contributed by atoms with Crippen LogP contribution in [0, 0.1) is 23.7 Å². The number of rotatable bonds is 3. The molecule has 1 aromatic rings. The van der Waals surface area contributed by atoms with E-state index in [9.17, 15) is 0 Å². The molecule has 2 heteroatoms. The van der Waals surface area contributed by atoms with E-state index in [-0.39, 0.29) is 0 Å². The molecule has 0 bridgehead atoms. The first-order valence-electron chi connectivity index (χ1n) is 5.67. The zero-order chi connectivity index (χ0) is 12.2. The van der Waals surface area contributed by atoms with E-state index >= 15 is 0 Å². The number of nitrogens with zero attached hydrogens (tertiary/aromatic N) is 1. The van der Waals surface area contributed by atoms with Gasteiger partial charge >= 0.3 is 0 Å². The number of benzene rings is 1. The van der Waals surface area contributed by atoms with Crippen LogP contribution < -0.4 is 5.32 Å². The monoisotopic (exact) mass is 216 g/mol. The third-order valence-corrected chi connectivity index (χ3v) is 2.49. The zero-order valence-electron chi connectivity index (χ0n) is 10.6. The topological polar surface area (TPSA) is 35.8 Å². The number of nitrogens with one attached hydrogen (secondary N) is 1. The summed E-state index contributed by atoms with van der Waals surface area (Å²) in [4.78, 5) is 0. The summed E-state index contributed by atoms with van der Waals surface area (Å²) in [6.07, 6.45) is 1.09. The molecular formula is C14H20N2. The van der Waals surface area contributed by atoms with E-state index in [1.54, 1.807) is 0 Å². The summed E-state index contributed by atoms with van der Waals surface area (Å²) in [7, 11) is 0.